The van der Waals surface area contributed by atoms with Crippen molar-refractivity contribution in [2.75, 3.05) is 13.1 Å². The number of aromatic nitrogens is 3. The number of carbonyl (C=O) groups is 2. The summed E-state index contributed by atoms with van der Waals surface area (Å²) in [6, 6.07) is -0.339. The van der Waals surface area contributed by atoms with Crippen molar-refractivity contribution in [3.05, 3.63) is 12.7 Å². The second-order valence-corrected chi connectivity index (χ2v) is 6.80. The zero-order chi connectivity index (χ0) is 17.0. The second-order valence-electron chi connectivity index (χ2n) is 6.80. The second kappa shape index (κ2) is 6.97. The van der Waals surface area contributed by atoms with Crippen LogP contribution in [0.15, 0.2) is 12.7 Å². The average Bonchev–Trinajstić information content (AvgIpc) is 2.99. The summed E-state index contributed by atoms with van der Waals surface area (Å²) in [5, 5.41) is 6.98. The first-order chi connectivity index (χ1) is 10.8. The predicted octanol–water partition coefficient (Wildman–Crippen LogP) is 1.35. The SMILES string of the molecule is CC(C(=O)NC1CCN(C(=O)OC(C)(C)C)CC1)n1cncn1. The van der Waals surface area contributed by atoms with Gasteiger partial charge in [0.25, 0.3) is 0 Å². The topological polar surface area (TPSA) is 89.4 Å². The molecule has 1 unspecified atom stereocenters. The summed E-state index contributed by atoms with van der Waals surface area (Å²) in [6.45, 7) is 8.49. The van der Waals surface area contributed by atoms with Crippen LogP contribution in [-0.2, 0) is 9.53 Å². The fraction of sp³-hybridized carbons (Fsp3) is 0.733. The lowest BCUT2D eigenvalue weighted by Crippen LogP contribution is -2.48. The molecular formula is C15H25N5O3. The van der Waals surface area contributed by atoms with Crippen molar-refractivity contribution in [2.24, 2.45) is 0 Å². The van der Waals surface area contributed by atoms with E-state index >= 15 is 0 Å². The van der Waals surface area contributed by atoms with Gasteiger partial charge in [-0.2, -0.15) is 5.10 Å². The number of piperidine rings is 1. The molecule has 8 heteroatoms. The molecule has 0 spiro atoms. The van der Waals surface area contributed by atoms with Crippen molar-refractivity contribution in [2.45, 2.75) is 58.2 Å². The number of hydrogen-bond acceptors (Lipinski definition) is 5. The van der Waals surface area contributed by atoms with Gasteiger partial charge in [-0.05, 0) is 40.5 Å². The molecule has 128 valence electrons. The van der Waals surface area contributed by atoms with Crippen LogP contribution in [0, 0.1) is 0 Å². The largest absolute Gasteiger partial charge is 0.444 e. The number of nitrogens with zero attached hydrogens (tertiary/aromatic N) is 4. The van der Waals surface area contributed by atoms with Crippen LogP contribution in [0.25, 0.3) is 0 Å². The Bertz CT molecular complexity index is 530. The van der Waals surface area contributed by atoms with Gasteiger partial charge in [-0.15, -0.1) is 0 Å². The highest BCUT2D eigenvalue weighted by molar-refractivity contribution is 5.80. The van der Waals surface area contributed by atoms with Gasteiger partial charge in [-0.1, -0.05) is 0 Å². The summed E-state index contributed by atoms with van der Waals surface area (Å²) < 4.78 is 6.88. The molecule has 0 aliphatic carbocycles. The Morgan fingerprint density at radius 2 is 1.96 bits per heavy atom. The van der Waals surface area contributed by atoms with Gasteiger partial charge in [0.1, 0.15) is 24.3 Å². The number of rotatable bonds is 3. The Hall–Kier alpha value is -2.12. The first-order valence-electron chi connectivity index (χ1n) is 7.88. The smallest absolute Gasteiger partial charge is 0.410 e. The third-order valence-electron chi connectivity index (χ3n) is 3.71. The van der Waals surface area contributed by atoms with Crippen molar-refractivity contribution >= 4 is 12.0 Å². The van der Waals surface area contributed by atoms with Crippen LogP contribution in [0.4, 0.5) is 4.79 Å². The van der Waals surface area contributed by atoms with Crippen molar-refractivity contribution in [3.8, 4) is 0 Å². The van der Waals surface area contributed by atoms with E-state index in [1.54, 1.807) is 11.8 Å². The van der Waals surface area contributed by atoms with Gasteiger partial charge in [0, 0.05) is 19.1 Å². The third-order valence-corrected chi connectivity index (χ3v) is 3.71. The molecular weight excluding hydrogens is 298 g/mol. The molecule has 23 heavy (non-hydrogen) atoms. The maximum atomic E-state index is 12.2. The van der Waals surface area contributed by atoms with Crippen molar-refractivity contribution in [3.63, 3.8) is 0 Å². The molecule has 0 radical (unpaired) electrons. The number of ether oxygens (including phenoxy) is 1. The summed E-state index contributed by atoms with van der Waals surface area (Å²) >= 11 is 0. The van der Waals surface area contributed by atoms with Crippen LogP contribution >= 0.6 is 0 Å². The number of carbonyl (C=O) groups excluding carboxylic acids is 2. The molecule has 2 heterocycles. The quantitative estimate of drug-likeness (QED) is 0.907. The maximum absolute atomic E-state index is 12.2. The maximum Gasteiger partial charge on any atom is 0.410 e. The fourth-order valence-electron chi connectivity index (χ4n) is 2.39. The van der Waals surface area contributed by atoms with Gasteiger partial charge < -0.3 is 15.0 Å². The summed E-state index contributed by atoms with van der Waals surface area (Å²) in [5.41, 5.74) is -0.491. The van der Waals surface area contributed by atoms with E-state index in [9.17, 15) is 9.59 Å². The summed E-state index contributed by atoms with van der Waals surface area (Å²) in [4.78, 5) is 29.7. The Labute approximate surface area is 136 Å². The Morgan fingerprint density at radius 1 is 1.30 bits per heavy atom. The summed E-state index contributed by atoms with van der Waals surface area (Å²) in [5.74, 6) is -0.0915. The van der Waals surface area contributed by atoms with Gasteiger partial charge in [-0.3, -0.25) is 4.79 Å². The number of likely N-dealkylation sites (tertiary alicyclic amines) is 1. The van der Waals surface area contributed by atoms with Crippen LogP contribution in [0.2, 0.25) is 0 Å². The van der Waals surface area contributed by atoms with E-state index in [2.05, 4.69) is 15.4 Å². The van der Waals surface area contributed by atoms with E-state index < -0.39 is 11.6 Å². The highest BCUT2D eigenvalue weighted by atomic mass is 16.6. The van der Waals surface area contributed by atoms with Gasteiger partial charge in [0.2, 0.25) is 5.91 Å². The normalized spacial score (nSPS) is 17.7. The van der Waals surface area contributed by atoms with E-state index in [4.69, 9.17) is 4.74 Å². The van der Waals surface area contributed by atoms with E-state index in [-0.39, 0.29) is 18.0 Å². The fourth-order valence-corrected chi connectivity index (χ4v) is 2.39. The molecule has 1 aliphatic heterocycles. The molecule has 1 aromatic heterocycles. The predicted molar refractivity (Wildman–Crippen MR) is 83.7 cm³/mol. The number of amides is 2. The van der Waals surface area contributed by atoms with Crippen molar-refractivity contribution in [1.82, 2.24) is 25.0 Å². The molecule has 1 aliphatic rings. The first-order valence-corrected chi connectivity index (χ1v) is 7.88. The van der Waals surface area contributed by atoms with Crippen molar-refractivity contribution < 1.29 is 14.3 Å². The minimum atomic E-state index is -0.491. The zero-order valence-corrected chi connectivity index (χ0v) is 14.2. The van der Waals surface area contributed by atoms with Crippen molar-refractivity contribution in [1.29, 1.82) is 0 Å². The van der Waals surface area contributed by atoms with E-state index in [0.29, 0.717) is 13.1 Å². The van der Waals surface area contributed by atoms with Gasteiger partial charge in [0.15, 0.2) is 0 Å². The Balaban J connectivity index is 1.78. The van der Waals surface area contributed by atoms with E-state index in [1.165, 1.54) is 17.3 Å². The molecule has 0 bridgehead atoms. The molecule has 1 atom stereocenters. The number of hydrogen-bond donors (Lipinski definition) is 1. The highest BCUT2D eigenvalue weighted by Crippen LogP contribution is 2.16. The first kappa shape index (κ1) is 17.2. The molecule has 2 rings (SSSR count). The van der Waals surface area contributed by atoms with Gasteiger partial charge in [-0.25, -0.2) is 14.5 Å². The molecule has 2 amide bonds. The zero-order valence-electron chi connectivity index (χ0n) is 14.2. The Kier molecular flexibility index (Phi) is 5.23. The molecule has 0 saturated carbocycles. The van der Waals surface area contributed by atoms with E-state index in [0.717, 1.165) is 12.8 Å². The van der Waals surface area contributed by atoms with Crippen LogP contribution in [0.1, 0.15) is 46.6 Å². The lowest BCUT2D eigenvalue weighted by Gasteiger charge is -2.34. The minimum absolute atomic E-state index is 0.0622. The standard InChI is InChI=1S/C15H25N5O3/c1-11(20-10-16-9-17-20)13(21)18-12-5-7-19(8-6-12)14(22)23-15(2,3)4/h9-12H,5-8H2,1-4H3,(H,18,21). The monoisotopic (exact) mass is 323 g/mol. The molecule has 1 N–H and O–H groups in total. The molecule has 1 saturated heterocycles. The average molecular weight is 323 g/mol. The molecule has 1 aromatic rings. The van der Waals surface area contributed by atoms with E-state index in [1.807, 2.05) is 20.8 Å². The lowest BCUT2D eigenvalue weighted by molar-refractivity contribution is -0.125. The highest BCUT2D eigenvalue weighted by Gasteiger charge is 2.28. The van der Waals surface area contributed by atoms with Crippen LogP contribution in [0.5, 0.6) is 0 Å². The Morgan fingerprint density at radius 3 is 2.48 bits per heavy atom. The lowest BCUT2D eigenvalue weighted by atomic mass is 10.0. The third kappa shape index (κ3) is 4.94. The van der Waals surface area contributed by atoms with Gasteiger partial charge in [0.05, 0.1) is 0 Å². The molecule has 0 aromatic carbocycles. The minimum Gasteiger partial charge on any atom is -0.444 e. The van der Waals surface area contributed by atoms with Crippen LogP contribution in [-0.4, -0.2) is 56.4 Å². The number of nitrogens with one attached hydrogen (secondary N) is 1. The van der Waals surface area contributed by atoms with Crippen LogP contribution < -0.4 is 5.32 Å². The summed E-state index contributed by atoms with van der Waals surface area (Å²) in [7, 11) is 0. The van der Waals surface area contributed by atoms with Gasteiger partial charge >= 0.3 is 6.09 Å². The molecule has 8 nitrogen and oxygen atoms in total. The van der Waals surface area contributed by atoms with Crippen LogP contribution in [0.3, 0.4) is 0 Å². The molecule has 1 fully saturated rings. The summed E-state index contributed by atoms with van der Waals surface area (Å²) in [6.07, 6.45) is 4.07.